The Bertz CT molecular complexity index is 1320. The lowest BCUT2D eigenvalue weighted by Crippen LogP contribution is -2.52. The van der Waals surface area contributed by atoms with Gasteiger partial charge in [-0.2, -0.15) is 13.2 Å². The second kappa shape index (κ2) is 8.28. The molecule has 0 aromatic heterocycles. The van der Waals surface area contributed by atoms with Crippen molar-refractivity contribution >= 4 is 35.1 Å². The third kappa shape index (κ3) is 3.84. The fourth-order valence-electron chi connectivity index (χ4n) is 4.81. The first-order valence-corrected chi connectivity index (χ1v) is 11.3. The van der Waals surface area contributed by atoms with Crippen molar-refractivity contribution in [3.8, 4) is 0 Å². The number of hydrogen-bond acceptors (Lipinski definition) is 5. The summed E-state index contributed by atoms with van der Waals surface area (Å²) < 4.78 is 40.0. The Morgan fingerprint density at radius 3 is 2.33 bits per heavy atom. The van der Waals surface area contributed by atoms with Crippen LogP contribution in [0.4, 0.5) is 18.9 Å². The monoisotopic (exact) mass is 499 g/mol. The SMILES string of the molecule is O=C1CCC(N2Cc3c(NC(=O)C(=O)c4ccc(C5(C(F)(F)F)CC5)cc4)cccc3C2=O)C(=O)N1. The van der Waals surface area contributed by atoms with Crippen LogP contribution in [-0.2, 0) is 26.3 Å². The highest BCUT2D eigenvalue weighted by Gasteiger charge is 2.64. The van der Waals surface area contributed by atoms with Gasteiger partial charge >= 0.3 is 6.18 Å². The summed E-state index contributed by atoms with van der Waals surface area (Å²) in [6, 6.07) is 8.57. The van der Waals surface area contributed by atoms with E-state index in [2.05, 4.69) is 10.6 Å². The first-order chi connectivity index (χ1) is 17.0. The van der Waals surface area contributed by atoms with Crippen LogP contribution in [-0.4, -0.2) is 46.5 Å². The molecule has 0 radical (unpaired) electrons. The molecule has 2 fully saturated rings. The van der Waals surface area contributed by atoms with Crippen molar-refractivity contribution < 1.29 is 37.1 Å². The van der Waals surface area contributed by atoms with Crippen LogP contribution in [0, 0.1) is 0 Å². The third-order valence-corrected chi connectivity index (χ3v) is 7.03. The highest BCUT2D eigenvalue weighted by atomic mass is 19.4. The lowest BCUT2D eigenvalue weighted by Gasteiger charge is -2.29. The van der Waals surface area contributed by atoms with Crippen molar-refractivity contribution in [2.24, 2.45) is 0 Å². The lowest BCUT2D eigenvalue weighted by molar-refractivity contribution is -0.160. The largest absolute Gasteiger partial charge is 0.398 e. The molecule has 0 spiro atoms. The molecule has 8 nitrogen and oxygen atoms in total. The maximum atomic E-state index is 13.3. The molecule has 4 amide bonds. The second-order valence-electron chi connectivity index (χ2n) is 9.17. The molecule has 1 saturated carbocycles. The molecule has 2 aliphatic heterocycles. The lowest BCUT2D eigenvalue weighted by atomic mass is 9.94. The van der Waals surface area contributed by atoms with Crippen molar-refractivity contribution in [3.05, 3.63) is 64.7 Å². The minimum Gasteiger partial charge on any atom is -0.322 e. The Labute approximate surface area is 202 Å². The normalized spacial score (nSPS) is 20.6. The number of carbonyl (C=O) groups excluding carboxylic acids is 5. The van der Waals surface area contributed by atoms with Gasteiger partial charge in [0.25, 0.3) is 17.6 Å². The van der Waals surface area contributed by atoms with E-state index in [9.17, 15) is 37.1 Å². The number of amides is 4. The van der Waals surface area contributed by atoms with Gasteiger partial charge in [-0.3, -0.25) is 29.3 Å². The van der Waals surface area contributed by atoms with Crippen LogP contribution < -0.4 is 10.6 Å². The summed E-state index contributed by atoms with van der Waals surface area (Å²) in [4.78, 5) is 63.3. The van der Waals surface area contributed by atoms with Crippen molar-refractivity contribution in [1.29, 1.82) is 0 Å². The van der Waals surface area contributed by atoms with Crippen molar-refractivity contribution in [2.45, 2.75) is 49.9 Å². The average molecular weight is 499 g/mol. The summed E-state index contributed by atoms with van der Waals surface area (Å²) in [5, 5.41) is 4.69. The van der Waals surface area contributed by atoms with Crippen molar-refractivity contribution in [3.63, 3.8) is 0 Å². The average Bonchev–Trinajstić information content (AvgIpc) is 3.59. The molecule has 0 bridgehead atoms. The van der Waals surface area contributed by atoms with Crippen LogP contribution in [0.3, 0.4) is 0 Å². The Morgan fingerprint density at radius 1 is 1.03 bits per heavy atom. The Balaban J connectivity index is 1.31. The predicted octanol–water partition coefficient (Wildman–Crippen LogP) is 2.86. The number of nitrogens with zero attached hydrogens (tertiary/aromatic N) is 1. The van der Waals surface area contributed by atoms with Crippen LogP contribution in [0.1, 0.15) is 57.5 Å². The molecule has 1 saturated heterocycles. The van der Waals surface area contributed by atoms with Crippen LogP contribution in [0.25, 0.3) is 0 Å². The maximum absolute atomic E-state index is 13.3. The molecule has 1 aliphatic carbocycles. The van der Waals surface area contributed by atoms with Crippen LogP contribution in [0.15, 0.2) is 42.5 Å². The molecule has 5 rings (SSSR count). The minimum atomic E-state index is -4.39. The molecule has 36 heavy (non-hydrogen) atoms. The maximum Gasteiger partial charge on any atom is 0.398 e. The molecular formula is C25H20F3N3O5. The number of carbonyl (C=O) groups is 5. The molecule has 1 unspecified atom stereocenters. The molecule has 2 N–H and O–H groups in total. The van der Waals surface area contributed by atoms with Gasteiger partial charge in [-0.05, 0) is 37.0 Å². The zero-order chi connectivity index (χ0) is 25.8. The van der Waals surface area contributed by atoms with E-state index in [0.717, 1.165) is 0 Å². The van der Waals surface area contributed by atoms with E-state index in [1.807, 2.05) is 0 Å². The number of nitrogens with one attached hydrogen (secondary N) is 2. The summed E-state index contributed by atoms with van der Waals surface area (Å²) in [6.45, 7) is -0.000685. The molecule has 2 aromatic rings. The predicted molar refractivity (Wildman–Crippen MR) is 119 cm³/mol. The van der Waals surface area contributed by atoms with E-state index in [1.165, 1.54) is 47.4 Å². The van der Waals surface area contributed by atoms with Gasteiger partial charge in [-0.1, -0.05) is 30.3 Å². The van der Waals surface area contributed by atoms with E-state index < -0.39 is 47.0 Å². The number of Topliss-reactive ketones (excluding diaryl/α,β-unsaturated/α-hetero) is 1. The molecular weight excluding hydrogens is 479 g/mol. The molecule has 186 valence electrons. The van der Waals surface area contributed by atoms with Gasteiger partial charge < -0.3 is 10.2 Å². The summed E-state index contributed by atoms with van der Waals surface area (Å²) in [6.07, 6.45) is -4.15. The first kappa shape index (κ1) is 23.7. The molecule has 3 aliphatic rings. The van der Waals surface area contributed by atoms with Crippen LogP contribution in [0.2, 0.25) is 0 Å². The molecule has 11 heteroatoms. The summed E-state index contributed by atoms with van der Waals surface area (Å²) in [5.41, 5.74) is -1.01. The number of hydrogen-bond donors (Lipinski definition) is 2. The molecule has 2 heterocycles. The number of fused-ring (bicyclic) bond motifs is 1. The number of halogens is 3. The number of rotatable bonds is 5. The minimum absolute atomic E-state index is 0.000685. The standard InChI is InChI=1S/C25H20F3N3O5/c26-25(27,28)24(10-11-24)14-6-4-13(5-7-14)20(33)22(35)29-17-3-1-2-15-16(17)12-31(23(15)36)18-8-9-19(32)30-21(18)34/h1-7,18H,8-12H2,(H,29,35)(H,30,32,34). The first-order valence-electron chi connectivity index (χ1n) is 11.3. The highest BCUT2D eigenvalue weighted by Crippen LogP contribution is 2.58. The number of anilines is 1. The number of imide groups is 1. The van der Waals surface area contributed by atoms with Gasteiger partial charge in [0.05, 0.1) is 5.41 Å². The van der Waals surface area contributed by atoms with E-state index in [4.69, 9.17) is 0 Å². The number of benzene rings is 2. The quantitative estimate of drug-likeness (QED) is 0.373. The van der Waals surface area contributed by atoms with Gasteiger partial charge in [0, 0.05) is 35.3 Å². The highest BCUT2D eigenvalue weighted by molar-refractivity contribution is 6.46. The van der Waals surface area contributed by atoms with E-state index >= 15 is 0 Å². The molecule has 1 atom stereocenters. The zero-order valence-corrected chi connectivity index (χ0v) is 18.8. The fourth-order valence-corrected chi connectivity index (χ4v) is 4.81. The van der Waals surface area contributed by atoms with Gasteiger partial charge in [0.2, 0.25) is 11.8 Å². The summed E-state index contributed by atoms with van der Waals surface area (Å²) >= 11 is 0. The Kier molecular flexibility index (Phi) is 5.46. The zero-order valence-electron chi connectivity index (χ0n) is 18.8. The van der Waals surface area contributed by atoms with Crippen molar-refractivity contribution in [2.75, 3.05) is 5.32 Å². The number of alkyl halides is 3. The molecule has 2 aromatic carbocycles. The summed E-state index contributed by atoms with van der Waals surface area (Å²) in [5.74, 6) is -3.38. The van der Waals surface area contributed by atoms with Gasteiger partial charge in [-0.25, -0.2) is 0 Å². The van der Waals surface area contributed by atoms with Gasteiger partial charge in [0.15, 0.2) is 0 Å². The van der Waals surface area contributed by atoms with Gasteiger partial charge in [-0.15, -0.1) is 0 Å². The Morgan fingerprint density at radius 2 is 1.72 bits per heavy atom. The van der Waals surface area contributed by atoms with Crippen LogP contribution in [0.5, 0.6) is 0 Å². The smallest absolute Gasteiger partial charge is 0.322 e. The topological polar surface area (TPSA) is 113 Å². The third-order valence-electron chi connectivity index (χ3n) is 7.03. The van der Waals surface area contributed by atoms with E-state index in [0.29, 0.717) is 5.56 Å². The second-order valence-corrected chi connectivity index (χ2v) is 9.17. The van der Waals surface area contributed by atoms with E-state index in [1.54, 1.807) is 0 Å². The summed E-state index contributed by atoms with van der Waals surface area (Å²) in [7, 11) is 0. The van der Waals surface area contributed by atoms with Crippen molar-refractivity contribution in [1.82, 2.24) is 10.2 Å². The van der Waals surface area contributed by atoms with Gasteiger partial charge in [0.1, 0.15) is 6.04 Å². The number of ketones is 1. The Hall–Kier alpha value is -4.02. The van der Waals surface area contributed by atoms with Crippen LogP contribution >= 0.6 is 0 Å². The fraction of sp³-hybridized carbons (Fsp3) is 0.320. The number of piperidine rings is 1. The van der Waals surface area contributed by atoms with E-state index in [-0.39, 0.29) is 54.6 Å².